The van der Waals surface area contributed by atoms with E-state index in [9.17, 15) is 43.2 Å². The zero-order valence-corrected chi connectivity index (χ0v) is 58.3. The van der Waals surface area contributed by atoms with Gasteiger partial charge in [0.1, 0.15) is 19.3 Å². The topological polar surface area (TPSA) is 237 Å². The molecule has 0 amide bonds. The van der Waals surface area contributed by atoms with Crippen LogP contribution in [0.2, 0.25) is 0 Å². The van der Waals surface area contributed by atoms with Gasteiger partial charge in [0.15, 0.2) is 12.2 Å². The van der Waals surface area contributed by atoms with Crippen molar-refractivity contribution in [1.82, 2.24) is 0 Å². The maximum absolute atomic E-state index is 13.0. The second-order valence-electron chi connectivity index (χ2n) is 25.2. The summed E-state index contributed by atoms with van der Waals surface area (Å²) in [6, 6.07) is 0. The first-order chi connectivity index (χ1) is 42.4. The summed E-state index contributed by atoms with van der Waals surface area (Å²) in [6.07, 6.45) is 48.3. The minimum absolute atomic E-state index is 0.0850. The summed E-state index contributed by atoms with van der Waals surface area (Å²) in [7, 11) is -9.91. The van der Waals surface area contributed by atoms with Crippen LogP contribution in [0.15, 0.2) is 24.3 Å². The Balaban J connectivity index is 5.27. The smallest absolute Gasteiger partial charge is 0.462 e. The third-order valence-electron chi connectivity index (χ3n) is 15.3. The molecule has 0 rings (SSSR count). The van der Waals surface area contributed by atoms with E-state index in [1.165, 1.54) is 122 Å². The number of allylic oxidation sites excluding steroid dienone is 4. The lowest BCUT2D eigenvalue weighted by Gasteiger charge is -2.21. The lowest BCUT2D eigenvalue weighted by molar-refractivity contribution is -0.161. The molecule has 0 aromatic carbocycles. The largest absolute Gasteiger partial charge is 0.472 e. The van der Waals surface area contributed by atoms with Crippen molar-refractivity contribution in [3.63, 3.8) is 0 Å². The molecule has 0 bridgehead atoms. The Morgan fingerprint density at radius 3 is 0.932 bits per heavy atom. The van der Waals surface area contributed by atoms with E-state index < -0.39 is 97.5 Å². The van der Waals surface area contributed by atoms with E-state index in [1.54, 1.807) is 0 Å². The number of rotatable bonds is 66. The number of ether oxygens (including phenoxy) is 4. The molecule has 518 valence electrons. The number of carbonyl (C=O) groups excluding carboxylic acids is 4. The van der Waals surface area contributed by atoms with E-state index in [2.05, 4.69) is 65.8 Å². The van der Waals surface area contributed by atoms with E-state index in [0.29, 0.717) is 37.5 Å². The van der Waals surface area contributed by atoms with Crippen LogP contribution >= 0.6 is 15.6 Å². The SMILES string of the molecule is CCCCCC/C=C\C=C/CCCCCCCC(=O)O[C@H](COC(=O)CCCCCCCCCCCCCCCC)COP(=O)(O)OC[C@@H](O)COP(=O)(O)OC[C@@H](COC(=O)CCCCCCCCC(C)C)OC(=O)CCCCCCCCCC(C)C. The summed E-state index contributed by atoms with van der Waals surface area (Å²) in [4.78, 5) is 72.4. The van der Waals surface area contributed by atoms with Crippen LogP contribution in [0.3, 0.4) is 0 Å². The number of carbonyl (C=O) groups is 4. The summed E-state index contributed by atoms with van der Waals surface area (Å²) in [5.41, 5.74) is 0. The van der Waals surface area contributed by atoms with Crippen LogP contribution in [0, 0.1) is 11.8 Å². The van der Waals surface area contributed by atoms with Gasteiger partial charge in [-0.05, 0) is 63.2 Å². The molecule has 0 fully saturated rings. The van der Waals surface area contributed by atoms with Gasteiger partial charge >= 0.3 is 39.5 Å². The highest BCUT2D eigenvalue weighted by Gasteiger charge is 2.30. The van der Waals surface area contributed by atoms with Gasteiger partial charge in [-0.3, -0.25) is 37.3 Å². The third-order valence-corrected chi connectivity index (χ3v) is 17.2. The van der Waals surface area contributed by atoms with Gasteiger partial charge in [0.05, 0.1) is 26.4 Å². The van der Waals surface area contributed by atoms with Gasteiger partial charge in [-0.1, -0.05) is 271 Å². The van der Waals surface area contributed by atoms with Crippen molar-refractivity contribution >= 4 is 39.5 Å². The lowest BCUT2D eigenvalue weighted by Crippen LogP contribution is -2.30. The van der Waals surface area contributed by atoms with E-state index >= 15 is 0 Å². The van der Waals surface area contributed by atoms with Crippen LogP contribution in [-0.4, -0.2) is 96.7 Å². The maximum Gasteiger partial charge on any atom is 0.472 e. The molecule has 0 aliphatic carbocycles. The fourth-order valence-corrected chi connectivity index (χ4v) is 11.5. The monoisotopic (exact) mass is 1290 g/mol. The van der Waals surface area contributed by atoms with Gasteiger partial charge in [-0.2, -0.15) is 0 Å². The van der Waals surface area contributed by atoms with Crippen LogP contribution in [0.1, 0.15) is 324 Å². The molecule has 0 heterocycles. The van der Waals surface area contributed by atoms with Crippen molar-refractivity contribution < 1.29 is 80.2 Å². The first-order valence-corrected chi connectivity index (χ1v) is 38.3. The van der Waals surface area contributed by atoms with Crippen molar-refractivity contribution in [2.75, 3.05) is 39.6 Å². The lowest BCUT2D eigenvalue weighted by atomic mass is 10.0. The van der Waals surface area contributed by atoms with Crippen LogP contribution < -0.4 is 0 Å². The highest BCUT2D eigenvalue weighted by atomic mass is 31.2. The third kappa shape index (κ3) is 62.4. The van der Waals surface area contributed by atoms with Crippen molar-refractivity contribution in [3.8, 4) is 0 Å². The Kier molecular flexibility index (Phi) is 59.1. The highest BCUT2D eigenvalue weighted by Crippen LogP contribution is 2.45. The molecule has 19 heteroatoms. The van der Waals surface area contributed by atoms with Gasteiger partial charge < -0.3 is 33.8 Å². The zero-order chi connectivity index (χ0) is 65.0. The number of hydrogen-bond acceptors (Lipinski definition) is 15. The van der Waals surface area contributed by atoms with Crippen LogP contribution in [0.4, 0.5) is 0 Å². The second-order valence-corrected chi connectivity index (χ2v) is 28.1. The molecule has 0 radical (unpaired) electrons. The molecular formula is C69H130O17P2. The number of aliphatic hydroxyl groups is 1. The number of phosphoric ester groups is 2. The molecule has 0 aromatic rings. The van der Waals surface area contributed by atoms with Gasteiger partial charge in [0.25, 0.3) is 0 Å². The predicted octanol–water partition coefficient (Wildman–Crippen LogP) is 19.2. The number of aliphatic hydroxyl groups excluding tert-OH is 1. The maximum atomic E-state index is 13.0. The van der Waals surface area contributed by atoms with Crippen LogP contribution in [-0.2, 0) is 65.4 Å². The molecule has 88 heavy (non-hydrogen) atoms. The Morgan fingerprint density at radius 1 is 0.352 bits per heavy atom. The van der Waals surface area contributed by atoms with Gasteiger partial charge in [0, 0.05) is 25.7 Å². The molecular weight excluding hydrogens is 1160 g/mol. The fraction of sp³-hybridized carbons (Fsp3) is 0.884. The molecule has 0 aliphatic rings. The molecule has 0 aliphatic heterocycles. The van der Waals surface area contributed by atoms with Gasteiger partial charge in [0.2, 0.25) is 0 Å². The van der Waals surface area contributed by atoms with E-state index in [1.807, 2.05) is 0 Å². The second kappa shape index (κ2) is 60.8. The summed E-state index contributed by atoms with van der Waals surface area (Å²) in [6.45, 7) is 9.32. The van der Waals surface area contributed by atoms with Crippen LogP contribution in [0.5, 0.6) is 0 Å². The molecule has 0 spiro atoms. The standard InChI is InChI=1S/C69H130O17P2/c1-7-9-11-13-15-17-19-21-23-25-27-29-33-41-47-53-68(73)85-64(57-79-66(71)51-45-39-32-28-26-24-22-20-18-16-14-12-10-8-2)59-83-87(75,76)81-55-63(70)56-82-88(77,78)84-60-65(58-80-67(72)52-46-40-36-35-38-44-50-62(5)6)86-69(74)54-48-42-34-30-31-37-43-49-61(3)4/h17,19,21,23,61-65,70H,7-16,18,20,22,24-60H2,1-6H3,(H,75,76)(H,77,78)/b19-17-,23-21-/t63-,64-,65-/m1/s1. The van der Waals surface area contributed by atoms with Crippen molar-refractivity contribution in [2.45, 2.75) is 342 Å². The summed E-state index contributed by atoms with van der Waals surface area (Å²) in [5, 5.41) is 10.6. The molecule has 5 atom stereocenters. The van der Waals surface area contributed by atoms with Crippen molar-refractivity contribution in [3.05, 3.63) is 24.3 Å². The highest BCUT2D eigenvalue weighted by molar-refractivity contribution is 7.47. The van der Waals surface area contributed by atoms with E-state index in [4.69, 9.17) is 37.0 Å². The first-order valence-electron chi connectivity index (χ1n) is 35.3. The van der Waals surface area contributed by atoms with Crippen LogP contribution in [0.25, 0.3) is 0 Å². The summed E-state index contributed by atoms with van der Waals surface area (Å²) >= 11 is 0. The van der Waals surface area contributed by atoms with E-state index in [-0.39, 0.29) is 25.7 Å². The van der Waals surface area contributed by atoms with Crippen molar-refractivity contribution in [1.29, 1.82) is 0 Å². The Labute approximate surface area is 535 Å². The Bertz CT molecular complexity index is 1810. The van der Waals surface area contributed by atoms with Crippen molar-refractivity contribution in [2.24, 2.45) is 11.8 Å². The summed E-state index contributed by atoms with van der Waals surface area (Å²) < 4.78 is 68.1. The molecule has 0 saturated carbocycles. The Hall–Kier alpha value is -2.46. The normalized spacial score (nSPS) is 14.4. The number of unbranched alkanes of at least 4 members (excludes halogenated alkanes) is 33. The average Bonchev–Trinajstić information content (AvgIpc) is 3.67. The fourth-order valence-electron chi connectivity index (χ4n) is 9.87. The van der Waals surface area contributed by atoms with Gasteiger partial charge in [-0.25, -0.2) is 9.13 Å². The van der Waals surface area contributed by atoms with E-state index in [0.717, 1.165) is 109 Å². The minimum atomic E-state index is -4.96. The quantitative estimate of drug-likeness (QED) is 0.0169. The number of esters is 4. The number of phosphoric acid groups is 2. The predicted molar refractivity (Wildman–Crippen MR) is 354 cm³/mol. The molecule has 0 saturated heterocycles. The zero-order valence-electron chi connectivity index (χ0n) is 56.5. The number of hydrogen-bond donors (Lipinski definition) is 3. The molecule has 3 N–H and O–H groups in total. The van der Waals surface area contributed by atoms with Gasteiger partial charge in [-0.15, -0.1) is 0 Å². The average molecular weight is 1290 g/mol. The molecule has 2 unspecified atom stereocenters. The molecule has 17 nitrogen and oxygen atoms in total. The minimum Gasteiger partial charge on any atom is -0.462 e. The molecule has 0 aromatic heterocycles. The summed E-state index contributed by atoms with van der Waals surface area (Å²) in [5.74, 6) is -0.789. The Morgan fingerprint density at radius 2 is 0.614 bits per heavy atom. The first kappa shape index (κ1) is 85.5.